The number of carbonyl (C=O) groups excluding carboxylic acids is 1. The Balaban J connectivity index is 1.20. The molecule has 1 unspecified atom stereocenters. The zero-order valence-corrected chi connectivity index (χ0v) is 18.4. The van der Waals surface area contributed by atoms with Gasteiger partial charge in [0, 0.05) is 32.1 Å². The maximum Gasteiger partial charge on any atom is 0.409 e. The van der Waals surface area contributed by atoms with Crippen LogP contribution in [0.25, 0.3) is 11.1 Å². The zero-order chi connectivity index (χ0) is 22.8. The summed E-state index contributed by atoms with van der Waals surface area (Å²) in [5.74, 6) is -0.280. The Kier molecular flexibility index (Phi) is 6.11. The van der Waals surface area contributed by atoms with Crippen molar-refractivity contribution in [1.29, 1.82) is 0 Å². The van der Waals surface area contributed by atoms with Gasteiger partial charge in [0.15, 0.2) is 0 Å². The summed E-state index contributed by atoms with van der Waals surface area (Å²) in [7, 11) is 0. The Morgan fingerprint density at radius 3 is 2.18 bits per heavy atom. The molecule has 0 aromatic heterocycles. The lowest BCUT2D eigenvalue weighted by molar-refractivity contribution is 0.0482. The maximum atomic E-state index is 13.6. The SMILES string of the molecule is O=C(OCC1c2ccccc2-c2ccccc21)N1CCN(C(CO)c2cccc(F)c2)CC1. The first kappa shape index (κ1) is 21.6. The molecular weight excluding hydrogens is 419 g/mol. The number of ether oxygens (including phenoxy) is 1. The second-order valence-electron chi connectivity index (χ2n) is 8.58. The van der Waals surface area contributed by atoms with Crippen molar-refractivity contribution in [2.75, 3.05) is 39.4 Å². The molecule has 3 aromatic rings. The van der Waals surface area contributed by atoms with Crippen LogP contribution in [-0.2, 0) is 4.74 Å². The molecule has 1 amide bonds. The maximum absolute atomic E-state index is 13.6. The molecule has 6 heteroatoms. The number of benzene rings is 3. The number of halogens is 1. The number of aliphatic hydroxyl groups excluding tert-OH is 1. The van der Waals surface area contributed by atoms with Gasteiger partial charge in [-0.15, -0.1) is 0 Å². The lowest BCUT2D eigenvalue weighted by Crippen LogP contribution is -2.50. The highest BCUT2D eigenvalue weighted by atomic mass is 19.1. The van der Waals surface area contributed by atoms with Crippen molar-refractivity contribution in [3.05, 3.63) is 95.3 Å². The van der Waals surface area contributed by atoms with Gasteiger partial charge < -0.3 is 14.7 Å². The first-order valence-corrected chi connectivity index (χ1v) is 11.4. The average Bonchev–Trinajstić information content (AvgIpc) is 3.17. The lowest BCUT2D eigenvalue weighted by atomic mass is 9.98. The molecule has 5 rings (SSSR count). The van der Waals surface area contributed by atoms with Crippen molar-refractivity contribution in [3.8, 4) is 11.1 Å². The van der Waals surface area contributed by atoms with Crippen LogP contribution in [0.4, 0.5) is 9.18 Å². The van der Waals surface area contributed by atoms with Crippen LogP contribution >= 0.6 is 0 Å². The summed E-state index contributed by atoms with van der Waals surface area (Å²) in [6.45, 7) is 2.38. The van der Waals surface area contributed by atoms with Gasteiger partial charge in [-0.1, -0.05) is 60.7 Å². The monoisotopic (exact) mass is 446 g/mol. The smallest absolute Gasteiger partial charge is 0.409 e. The van der Waals surface area contributed by atoms with Gasteiger partial charge in [-0.05, 0) is 39.9 Å². The topological polar surface area (TPSA) is 53.0 Å². The van der Waals surface area contributed by atoms with Crippen molar-refractivity contribution >= 4 is 6.09 Å². The molecule has 0 spiro atoms. The molecule has 5 nitrogen and oxygen atoms in total. The molecule has 2 aliphatic rings. The van der Waals surface area contributed by atoms with E-state index in [4.69, 9.17) is 4.74 Å². The van der Waals surface area contributed by atoms with Crippen LogP contribution in [0, 0.1) is 5.82 Å². The summed E-state index contributed by atoms with van der Waals surface area (Å²) in [5.41, 5.74) is 5.53. The summed E-state index contributed by atoms with van der Waals surface area (Å²) in [6.07, 6.45) is -0.317. The Labute approximate surface area is 193 Å². The second kappa shape index (κ2) is 9.33. The molecule has 0 radical (unpaired) electrons. The number of hydrogen-bond donors (Lipinski definition) is 1. The first-order chi connectivity index (χ1) is 16.2. The molecule has 1 saturated heterocycles. The highest BCUT2D eigenvalue weighted by Gasteiger charge is 2.31. The molecular formula is C27H27FN2O3. The van der Waals surface area contributed by atoms with Crippen LogP contribution in [0.1, 0.15) is 28.7 Å². The van der Waals surface area contributed by atoms with Gasteiger partial charge in [0.05, 0.1) is 12.6 Å². The number of piperazine rings is 1. The third-order valence-electron chi connectivity index (χ3n) is 6.76. The third kappa shape index (κ3) is 4.24. The van der Waals surface area contributed by atoms with Gasteiger partial charge in [0.2, 0.25) is 0 Å². The van der Waals surface area contributed by atoms with E-state index in [0.717, 1.165) is 5.56 Å². The fourth-order valence-corrected chi connectivity index (χ4v) is 5.05. The minimum absolute atomic E-state index is 0.0365. The highest BCUT2D eigenvalue weighted by molar-refractivity contribution is 5.79. The van der Waals surface area contributed by atoms with Crippen LogP contribution < -0.4 is 0 Å². The van der Waals surface area contributed by atoms with Gasteiger partial charge in [0.25, 0.3) is 0 Å². The Morgan fingerprint density at radius 1 is 0.939 bits per heavy atom. The zero-order valence-electron chi connectivity index (χ0n) is 18.4. The molecule has 1 fully saturated rings. The number of amides is 1. The van der Waals surface area contributed by atoms with E-state index in [0.29, 0.717) is 32.8 Å². The summed E-state index contributed by atoms with van der Waals surface area (Å²) in [4.78, 5) is 16.6. The van der Waals surface area contributed by atoms with Crippen molar-refractivity contribution in [3.63, 3.8) is 0 Å². The molecule has 1 N–H and O–H groups in total. The summed E-state index contributed by atoms with van der Waals surface area (Å²) in [5, 5.41) is 9.89. The van der Waals surface area contributed by atoms with E-state index in [2.05, 4.69) is 29.2 Å². The number of nitrogens with zero attached hydrogens (tertiary/aromatic N) is 2. The summed E-state index contributed by atoms with van der Waals surface area (Å²) < 4.78 is 19.4. The standard InChI is InChI=1S/C27H27FN2O3/c28-20-7-5-6-19(16-20)26(17-31)29-12-14-30(15-13-29)27(32)33-18-25-23-10-3-1-8-21(23)22-9-2-4-11-24(22)25/h1-11,16,25-26,31H,12-15,17-18H2. The molecule has 1 heterocycles. The van der Waals surface area contributed by atoms with Crippen molar-refractivity contribution in [1.82, 2.24) is 9.80 Å². The van der Waals surface area contributed by atoms with Gasteiger partial charge in [-0.3, -0.25) is 4.90 Å². The van der Waals surface area contributed by atoms with Gasteiger partial charge in [0.1, 0.15) is 12.4 Å². The predicted octanol–water partition coefficient (Wildman–Crippen LogP) is 4.43. The molecule has 1 aliphatic carbocycles. The average molecular weight is 447 g/mol. The van der Waals surface area contributed by atoms with E-state index in [1.807, 2.05) is 30.3 Å². The van der Waals surface area contributed by atoms with Gasteiger partial charge in [-0.25, -0.2) is 9.18 Å². The van der Waals surface area contributed by atoms with E-state index in [9.17, 15) is 14.3 Å². The van der Waals surface area contributed by atoms with Crippen LogP contribution in [-0.4, -0.2) is 60.4 Å². The molecule has 33 heavy (non-hydrogen) atoms. The summed E-state index contributed by atoms with van der Waals surface area (Å²) >= 11 is 0. The van der Waals surface area contributed by atoms with E-state index in [-0.39, 0.29) is 30.5 Å². The molecule has 0 bridgehead atoms. The quantitative estimate of drug-likeness (QED) is 0.630. The molecule has 3 aromatic carbocycles. The van der Waals surface area contributed by atoms with E-state index in [1.54, 1.807) is 11.0 Å². The normalized spacial score (nSPS) is 16.8. The van der Waals surface area contributed by atoms with Crippen LogP contribution in [0.5, 0.6) is 0 Å². The lowest BCUT2D eigenvalue weighted by Gasteiger charge is -2.38. The summed E-state index contributed by atoms with van der Waals surface area (Å²) in [6, 6.07) is 22.6. The van der Waals surface area contributed by atoms with Crippen molar-refractivity contribution in [2.24, 2.45) is 0 Å². The Hall–Kier alpha value is -3.22. The number of hydrogen-bond acceptors (Lipinski definition) is 4. The molecule has 170 valence electrons. The van der Waals surface area contributed by atoms with Crippen molar-refractivity contribution < 1.29 is 19.0 Å². The van der Waals surface area contributed by atoms with E-state index >= 15 is 0 Å². The fourth-order valence-electron chi connectivity index (χ4n) is 5.05. The van der Waals surface area contributed by atoms with Crippen molar-refractivity contribution in [2.45, 2.75) is 12.0 Å². The molecule has 1 atom stereocenters. The Morgan fingerprint density at radius 2 is 1.58 bits per heavy atom. The third-order valence-corrected chi connectivity index (χ3v) is 6.76. The number of rotatable bonds is 5. The first-order valence-electron chi connectivity index (χ1n) is 11.4. The van der Waals surface area contributed by atoms with Gasteiger partial charge in [-0.2, -0.15) is 0 Å². The molecule has 0 saturated carbocycles. The van der Waals surface area contributed by atoms with E-state index < -0.39 is 0 Å². The van der Waals surface area contributed by atoms with Crippen LogP contribution in [0.2, 0.25) is 0 Å². The van der Waals surface area contributed by atoms with Crippen LogP contribution in [0.3, 0.4) is 0 Å². The number of fused-ring (bicyclic) bond motifs is 3. The van der Waals surface area contributed by atoms with E-state index in [1.165, 1.54) is 34.4 Å². The second-order valence-corrected chi connectivity index (χ2v) is 8.58. The predicted molar refractivity (Wildman–Crippen MR) is 124 cm³/mol. The number of aliphatic hydroxyl groups is 1. The minimum atomic E-state index is -0.317. The minimum Gasteiger partial charge on any atom is -0.448 e. The molecule has 1 aliphatic heterocycles. The van der Waals surface area contributed by atoms with Crippen LogP contribution in [0.15, 0.2) is 72.8 Å². The largest absolute Gasteiger partial charge is 0.448 e. The highest BCUT2D eigenvalue weighted by Crippen LogP contribution is 2.44. The van der Waals surface area contributed by atoms with Gasteiger partial charge >= 0.3 is 6.09 Å². The number of carbonyl (C=O) groups is 1. The fraction of sp³-hybridized carbons (Fsp3) is 0.296. The Bertz CT molecular complexity index is 1100.